The fourth-order valence-electron chi connectivity index (χ4n) is 3.77. The number of hydrogen-bond acceptors (Lipinski definition) is 10. The summed E-state index contributed by atoms with van der Waals surface area (Å²) in [6.07, 6.45) is 0. The summed E-state index contributed by atoms with van der Waals surface area (Å²) in [7, 11) is 3.08. The average Bonchev–Trinajstić information content (AvgIpc) is 3.51. The highest BCUT2D eigenvalue weighted by Crippen LogP contribution is 2.35. The molecule has 11 nitrogen and oxygen atoms in total. The van der Waals surface area contributed by atoms with E-state index >= 15 is 0 Å². The number of fused-ring (bicyclic) bond motifs is 1. The number of ether oxygens (including phenoxy) is 2. The molecular formula is C21H17ClN6O5. The maximum absolute atomic E-state index is 13.1. The van der Waals surface area contributed by atoms with Crippen molar-refractivity contribution >= 4 is 29.1 Å². The second kappa shape index (κ2) is 8.17. The monoisotopic (exact) mass is 468 g/mol. The third-order valence-electron chi connectivity index (χ3n) is 5.34. The summed E-state index contributed by atoms with van der Waals surface area (Å²) in [4.78, 5) is 31.4. The summed E-state index contributed by atoms with van der Waals surface area (Å²) in [5.74, 6) is 0.713. The molecule has 1 saturated heterocycles. The molecule has 12 heteroatoms. The van der Waals surface area contributed by atoms with E-state index in [-0.39, 0.29) is 12.4 Å². The molecule has 2 unspecified atom stereocenters. The number of rotatable bonds is 6. The first-order chi connectivity index (χ1) is 16.0. The fraction of sp³-hybridized carbons (Fsp3) is 0.238. The van der Waals surface area contributed by atoms with E-state index in [1.165, 1.54) is 12.1 Å². The Morgan fingerprint density at radius 1 is 1.09 bits per heavy atom. The van der Waals surface area contributed by atoms with Gasteiger partial charge in [0.15, 0.2) is 12.1 Å². The van der Waals surface area contributed by atoms with Crippen LogP contribution in [0.4, 0.5) is 5.69 Å². The number of carbonyl (C=O) groups is 2. The van der Waals surface area contributed by atoms with Gasteiger partial charge in [0.25, 0.3) is 11.8 Å². The number of methoxy groups -OCH3 is 2. The zero-order valence-electron chi connectivity index (χ0n) is 17.5. The molecule has 2 amide bonds. The largest absolute Gasteiger partial charge is 0.497 e. The Morgan fingerprint density at radius 2 is 1.94 bits per heavy atom. The van der Waals surface area contributed by atoms with Crippen molar-refractivity contribution in [1.29, 1.82) is 0 Å². The molecule has 2 aliphatic heterocycles. The molecule has 2 atom stereocenters. The van der Waals surface area contributed by atoms with Crippen molar-refractivity contribution in [2.75, 3.05) is 19.1 Å². The van der Waals surface area contributed by atoms with Crippen LogP contribution in [0.15, 0.2) is 57.3 Å². The van der Waals surface area contributed by atoms with Crippen LogP contribution >= 0.6 is 11.6 Å². The molecule has 0 radical (unpaired) electrons. The Bertz CT molecular complexity index is 1280. The van der Waals surface area contributed by atoms with Crippen molar-refractivity contribution in [3.8, 4) is 22.9 Å². The number of aromatic nitrogens is 2. The summed E-state index contributed by atoms with van der Waals surface area (Å²) in [5.41, 5.74) is 0.988. The molecule has 168 valence electrons. The number of halogens is 1. The summed E-state index contributed by atoms with van der Waals surface area (Å²) < 4.78 is 15.9. The van der Waals surface area contributed by atoms with Crippen molar-refractivity contribution in [2.24, 2.45) is 10.3 Å². The standard InChI is InChI=1S/C21H17ClN6O5/c1-31-13-6-7-14(15(9-13)32-2)19-23-16(33-25-19)10-27-18-17(24-26-27)20(29)28(21(18)30)12-5-3-4-11(22)8-12/h3-9,17-18H,10H2,1-2H3. The molecule has 0 bridgehead atoms. The van der Waals surface area contributed by atoms with Gasteiger partial charge in [-0.05, 0) is 30.3 Å². The molecule has 3 heterocycles. The van der Waals surface area contributed by atoms with Gasteiger partial charge in [0, 0.05) is 11.1 Å². The second-order valence-corrected chi connectivity index (χ2v) is 7.70. The highest BCUT2D eigenvalue weighted by Gasteiger charge is 2.55. The molecule has 2 aliphatic rings. The summed E-state index contributed by atoms with van der Waals surface area (Å²) in [6, 6.07) is 9.87. The van der Waals surface area contributed by atoms with E-state index in [9.17, 15) is 9.59 Å². The van der Waals surface area contributed by atoms with E-state index in [0.717, 1.165) is 4.90 Å². The lowest BCUT2D eigenvalue weighted by molar-refractivity contribution is -0.123. The van der Waals surface area contributed by atoms with Crippen LogP contribution < -0.4 is 14.4 Å². The smallest absolute Gasteiger partial charge is 0.263 e. The van der Waals surface area contributed by atoms with Gasteiger partial charge in [0.05, 0.1) is 25.5 Å². The third-order valence-corrected chi connectivity index (χ3v) is 5.57. The summed E-state index contributed by atoms with van der Waals surface area (Å²) in [5, 5.41) is 13.8. The lowest BCUT2D eigenvalue weighted by atomic mass is 10.1. The van der Waals surface area contributed by atoms with E-state index in [4.69, 9.17) is 25.6 Å². The Kier molecular flexibility index (Phi) is 5.17. The second-order valence-electron chi connectivity index (χ2n) is 7.26. The van der Waals surface area contributed by atoms with E-state index in [2.05, 4.69) is 20.5 Å². The summed E-state index contributed by atoms with van der Waals surface area (Å²) >= 11 is 6.02. The zero-order chi connectivity index (χ0) is 23.1. The van der Waals surface area contributed by atoms with Gasteiger partial charge in [-0.25, -0.2) is 4.90 Å². The van der Waals surface area contributed by atoms with Gasteiger partial charge in [-0.2, -0.15) is 10.1 Å². The highest BCUT2D eigenvalue weighted by atomic mass is 35.5. The molecule has 0 saturated carbocycles. The number of carbonyl (C=O) groups excluding carboxylic acids is 2. The molecule has 5 rings (SSSR count). The lowest BCUT2D eigenvalue weighted by Crippen LogP contribution is -2.39. The number of hydrogen-bond donors (Lipinski definition) is 0. The SMILES string of the molecule is COc1ccc(-c2noc(CN3N=NC4C(=O)N(c5cccc(Cl)c5)C(=O)C43)n2)c(OC)c1. The minimum atomic E-state index is -0.944. The fourth-order valence-corrected chi connectivity index (χ4v) is 3.96. The Hall–Kier alpha value is -3.99. The van der Waals surface area contributed by atoms with Crippen LogP contribution in [0.3, 0.4) is 0 Å². The van der Waals surface area contributed by atoms with Crippen molar-refractivity contribution < 1.29 is 23.6 Å². The van der Waals surface area contributed by atoms with Gasteiger partial charge in [-0.3, -0.25) is 14.6 Å². The Morgan fingerprint density at radius 3 is 2.70 bits per heavy atom. The van der Waals surface area contributed by atoms with Crippen molar-refractivity contribution in [3.63, 3.8) is 0 Å². The van der Waals surface area contributed by atoms with E-state index in [1.807, 2.05) is 0 Å². The average molecular weight is 469 g/mol. The minimum absolute atomic E-state index is 0.00145. The van der Waals surface area contributed by atoms with Crippen LogP contribution in [0.25, 0.3) is 11.4 Å². The van der Waals surface area contributed by atoms with E-state index in [0.29, 0.717) is 33.6 Å². The quantitative estimate of drug-likeness (QED) is 0.506. The molecular weight excluding hydrogens is 452 g/mol. The van der Waals surface area contributed by atoms with Gasteiger partial charge in [0.1, 0.15) is 18.0 Å². The van der Waals surface area contributed by atoms with Crippen LogP contribution in [0, 0.1) is 0 Å². The van der Waals surface area contributed by atoms with Crippen molar-refractivity contribution in [3.05, 3.63) is 53.4 Å². The molecule has 1 aromatic heterocycles. The minimum Gasteiger partial charge on any atom is -0.497 e. The van der Waals surface area contributed by atoms with Crippen LogP contribution in [0.5, 0.6) is 11.5 Å². The van der Waals surface area contributed by atoms with E-state index in [1.54, 1.807) is 49.6 Å². The van der Waals surface area contributed by atoms with Gasteiger partial charge < -0.3 is 14.0 Å². The Balaban J connectivity index is 1.37. The number of amides is 2. The Labute approximate surface area is 192 Å². The molecule has 1 fully saturated rings. The predicted molar refractivity (Wildman–Crippen MR) is 115 cm³/mol. The van der Waals surface area contributed by atoms with Crippen LogP contribution in [-0.4, -0.2) is 53.3 Å². The molecule has 0 aliphatic carbocycles. The van der Waals surface area contributed by atoms with Gasteiger partial charge >= 0.3 is 0 Å². The number of benzene rings is 2. The van der Waals surface area contributed by atoms with Crippen LogP contribution in [0.1, 0.15) is 5.89 Å². The van der Waals surface area contributed by atoms with Gasteiger partial charge in [-0.15, -0.1) is 0 Å². The maximum atomic E-state index is 13.1. The first-order valence-electron chi connectivity index (χ1n) is 9.86. The molecule has 0 spiro atoms. The van der Waals surface area contributed by atoms with Crippen LogP contribution in [-0.2, 0) is 16.1 Å². The number of anilines is 1. The predicted octanol–water partition coefficient (Wildman–Crippen LogP) is 2.90. The topological polar surface area (TPSA) is 123 Å². The van der Waals surface area contributed by atoms with Crippen molar-refractivity contribution in [1.82, 2.24) is 15.1 Å². The van der Waals surface area contributed by atoms with Crippen LogP contribution in [0.2, 0.25) is 5.02 Å². The number of imide groups is 1. The number of nitrogens with zero attached hydrogens (tertiary/aromatic N) is 6. The summed E-state index contributed by atoms with van der Waals surface area (Å²) in [6.45, 7) is -0.00145. The van der Waals surface area contributed by atoms with E-state index < -0.39 is 23.9 Å². The molecule has 0 N–H and O–H groups in total. The normalized spacial score (nSPS) is 19.4. The molecule has 2 aromatic carbocycles. The maximum Gasteiger partial charge on any atom is 0.263 e. The third kappa shape index (κ3) is 3.55. The van der Waals surface area contributed by atoms with Gasteiger partial charge in [-0.1, -0.05) is 28.0 Å². The van der Waals surface area contributed by atoms with Crippen molar-refractivity contribution in [2.45, 2.75) is 18.6 Å². The molecule has 3 aromatic rings. The first-order valence-corrected chi connectivity index (χ1v) is 10.2. The molecule has 33 heavy (non-hydrogen) atoms. The first kappa shape index (κ1) is 20.9. The zero-order valence-corrected chi connectivity index (χ0v) is 18.3. The lowest BCUT2D eigenvalue weighted by Gasteiger charge is -2.19. The van der Waals surface area contributed by atoms with Gasteiger partial charge in [0.2, 0.25) is 11.7 Å². The highest BCUT2D eigenvalue weighted by molar-refractivity contribution is 6.31.